The lowest BCUT2D eigenvalue weighted by Gasteiger charge is -2.00. The molecule has 0 radical (unpaired) electrons. The first-order chi connectivity index (χ1) is 8.00. The number of benzene rings is 1. The van der Waals surface area contributed by atoms with Crippen molar-refractivity contribution in [3.63, 3.8) is 0 Å². The molecule has 0 bridgehead atoms. The number of carboxylic acid groups (broad SMARTS) is 1. The molecular weight excluding hydrogens is 224 g/mol. The Morgan fingerprint density at radius 2 is 1.76 bits per heavy atom. The minimum Gasteiger partial charge on any atom is -0.550 e. The van der Waals surface area contributed by atoms with Crippen molar-refractivity contribution < 1.29 is 24.6 Å². The normalized spacial score (nSPS) is 10.9. The lowest BCUT2D eigenvalue weighted by atomic mass is 10.1. The van der Waals surface area contributed by atoms with E-state index in [0.717, 1.165) is 0 Å². The predicted molar refractivity (Wildman–Crippen MR) is 56.7 cm³/mol. The monoisotopic (exact) mass is 233 g/mol. The van der Waals surface area contributed by atoms with Gasteiger partial charge in [0.15, 0.2) is 0 Å². The van der Waals surface area contributed by atoms with Crippen LogP contribution in [0.3, 0.4) is 0 Å². The van der Waals surface area contributed by atoms with E-state index < -0.39 is 24.0 Å². The predicted octanol–water partition coefficient (Wildman–Crippen LogP) is -0.136. The number of hydrogen-bond acceptors (Lipinski definition) is 5. The van der Waals surface area contributed by atoms with Gasteiger partial charge in [-0.05, 0) is 0 Å². The number of carboxylic acids is 1. The van der Waals surface area contributed by atoms with Crippen molar-refractivity contribution in [1.29, 1.82) is 0 Å². The molecule has 0 saturated heterocycles. The van der Waals surface area contributed by atoms with E-state index in [4.69, 9.17) is 0 Å². The van der Waals surface area contributed by atoms with E-state index in [1.807, 2.05) is 0 Å². The first-order valence-corrected chi connectivity index (χ1v) is 4.74. The summed E-state index contributed by atoms with van der Waals surface area (Å²) < 4.78 is 0. The lowest BCUT2D eigenvalue weighted by Crippen LogP contribution is -2.28. The highest BCUT2D eigenvalue weighted by Crippen LogP contribution is 2.10. The first kappa shape index (κ1) is 12.6. The summed E-state index contributed by atoms with van der Waals surface area (Å²) in [5, 5.41) is 19.6. The summed E-state index contributed by atoms with van der Waals surface area (Å²) in [4.78, 5) is 32.3. The van der Waals surface area contributed by atoms with Crippen molar-refractivity contribution in [2.75, 3.05) is 0 Å². The Kier molecular flexibility index (Phi) is 4.16. The topological polar surface area (TPSA) is 94.5 Å². The van der Waals surface area contributed by atoms with Gasteiger partial charge in [-0.15, -0.1) is 0 Å². The second-order valence-electron chi connectivity index (χ2n) is 3.23. The third-order valence-corrected chi connectivity index (χ3v) is 1.92. The Morgan fingerprint density at radius 1 is 1.18 bits per heavy atom. The summed E-state index contributed by atoms with van der Waals surface area (Å²) >= 11 is 0. The lowest BCUT2D eigenvalue weighted by molar-refractivity contribution is -0.304. The van der Waals surface area contributed by atoms with Crippen LogP contribution in [-0.2, 0) is 14.4 Å². The highest BCUT2D eigenvalue weighted by Gasteiger charge is 2.12. The average molecular weight is 233 g/mol. The third-order valence-electron chi connectivity index (χ3n) is 1.92. The molecule has 1 rings (SSSR count). The van der Waals surface area contributed by atoms with Crippen LogP contribution >= 0.6 is 0 Å². The Balaban J connectivity index is 2.79. The average Bonchev–Trinajstić information content (AvgIpc) is 2.29. The number of carbonyl (C=O) groups is 3. The number of carbonyl (C=O) groups excluding carboxylic acids is 3. The minimum atomic E-state index is -1.63. The van der Waals surface area contributed by atoms with Gasteiger partial charge < -0.3 is 15.0 Å². The van der Waals surface area contributed by atoms with Crippen LogP contribution in [0.2, 0.25) is 0 Å². The summed E-state index contributed by atoms with van der Waals surface area (Å²) in [7, 11) is 0. The molecule has 5 nitrogen and oxygen atoms in total. The quantitative estimate of drug-likeness (QED) is 0.330. The van der Waals surface area contributed by atoms with Crippen LogP contribution in [0.25, 0.3) is 5.76 Å². The van der Waals surface area contributed by atoms with E-state index in [-0.39, 0.29) is 5.76 Å². The van der Waals surface area contributed by atoms with Gasteiger partial charge in [-0.1, -0.05) is 30.3 Å². The second-order valence-corrected chi connectivity index (χ2v) is 3.23. The molecule has 0 aliphatic carbocycles. The molecule has 0 aliphatic heterocycles. The van der Waals surface area contributed by atoms with Crippen LogP contribution < -0.4 is 5.11 Å². The maximum atomic E-state index is 11.2. The van der Waals surface area contributed by atoms with Gasteiger partial charge in [-0.2, -0.15) is 0 Å². The van der Waals surface area contributed by atoms with E-state index >= 15 is 0 Å². The Hall–Kier alpha value is -2.43. The van der Waals surface area contributed by atoms with Gasteiger partial charge in [-0.3, -0.25) is 9.59 Å². The maximum absolute atomic E-state index is 11.2. The van der Waals surface area contributed by atoms with Crippen LogP contribution in [0, 0.1) is 0 Å². The fourth-order valence-electron chi connectivity index (χ4n) is 1.12. The molecule has 0 heterocycles. The zero-order valence-electron chi connectivity index (χ0n) is 8.75. The molecule has 1 aromatic rings. The molecule has 0 spiro atoms. The summed E-state index contributed by atoms with van der Waals surface area (Å²) in [5.74, 6) is -4.22. The molecule has 1 aromatic carbocycles. The Bertz CT molecular complexity index is 473. The fourth-order valence-corrected chi connectivity index (χ4v) is 1.12. The van der Waals surface area contributed by atoms with Gasteiger partial charge in [0.05, 0.1) is 6.42 Å². The van der Waals surface area contributed by atoms with Crippen molar-refractivity contribution >= 4 is 23.3 Å². The number of aliphatic hydroxyl groups excluding tert-OH is 1. The Morgan fingerprint density at radius 3 is 2.29 bits per heavy atom. The second kappa shape index (κ2) is 5.60. The van der Waals surface area contributed by atoms with Gasteiger partial charge in [0.1, 0.15) is 5.76 Å². The molecule has 88 valence electrons. The number of Topliss-reactive ketones (excluding diaryl/α,β-unsaturated/α-hetero) is 1. The molecule has 0 aliphatic rings. The third kappa shape index (κ3) is 3.90. The van der Waals surface area contributed by atoms with Crippen molar-refractivity contribution in [2.24, 2.45) is 0 Å². The van der Waals surface area contributed by atoms with Crippen LogP contribution in [0.15, 0.2) is 36.4 Å². The smallest absolute Gasteiger partial charge is 0.225 e. The molecule has 17 heavy (non-hydrogen) atoms. The zero-order valence-corrected chi connectivity index (χ0v) is 8.75. The molecule has 0 fully saturated rings. The first-order valence-electron chi connectivity index (χ1n) is 4.74. The van der Waals surface area contributed by atoms with Crippen LogP contribution in [0.4, 0.5) is 0 Å². The molecule has 1 N–H and O–H groups in total. The molecule has 0 atom stereocenters. The molecule has 0 aromatic heterocycles. The number of aliphatic hydroxyl groups is 1. The van der Waals surface area contributed by atoms with Crippen LogP contribution in [0.1, 0.15) is 12.0 Å². The van der Waals surface area contributed by atoms with E-state index in [1.54, 1.807) is 30.3 Å². The van der Waals surface area contributed by atoms with E-state index in [2.05, 4.69) is 0 Å². The summed E-state index contributed by atoms with van der Waals surface area (Å²) in [6.45, 7) is 0. The molecule has 0 amide bonds. The van der Waals surface area contributed by atoms with Crippen molar-refractivity contribution in [3.05, 3.63) is 42.0 Å². The zero-order chi connectivity index (χ0) is 12.8. The number of hydrogen-bond donors (Lipinski definition) is 1. The van der Waals surface area contributed by atoms with Gasteiger partial charge in [0.25, 0.3) is 0 Å². The molecule has 0 saturated carbocycles. The van der Waals surface area contributed by atoms with Crippen LogP contribution in [-0.4, -0.2) is 22.6 Å². The highest BCUT2D eigenvalue weighted by atomic mass is 16.4. The van der Waals surface area contributed by atoms with Gasteiger partial charge in [0, 0.05) is 17.6 Å². The summed E-state index contributed by atoms with van der Waals surface area (Å²) in [6, 6.07) is 8.10. The molecular formula is C12H9O5-. The maximum Gasteiger partial charge on any atom is 0.225 e. The Labute approximate surface area is 97.0 Å². The van der Waals surface area contributed by atoms with E-state index in [0.29, 0.717) is 11.6 Å². The minimum absolute atomic E-state index is 0.363. The standard InChI is InChI=1S/C12H10O5/c13-9(8-4-2-1-3-5-8)6-10(14)11(15)7-12(16)17/h1-6,13H,7H2,(H,16,17)/p-1. The largest absolute Gasteiger partial charge is 0.550 e. The van der Waals surface area contributed by atoms with E-state index in [1.165, 1.54) is 0 Å². The number of allylic oxidation sites excluding steroid dienone is 1. The SMILES string of the molecule is O=C([O-])CC(=O)C(=O)C=C(O)c1ccccc1. The van der Waals surface area contributed by atoms with Crippen molar-refractivity contribution in [1.82, 2.24) is 0 Å². The number of rotatable bonds is 5. The van der Waals surface area contributed by atoms with Gasteiger partial charge >= 0.3 is 0 Å². The fraction of sp³-hybridized carbons (Fsp3) is 0.0833. The molecule has 0 unspecified atom stereocenters. The number of ketones is 2. The van der Waals surface area contributed by atoms with Gasteiger partial charge in [0.2, 0.25) is 11.6 Å². The highest BCUT2D eigenvalue weighted by molar-refractivity contribution is 6.44. The van der Waals surface area contributed by atoms with Crippen molar-refractivity contribution in [3.8, 4) is 0 Å². The van der Waals surface area contributed by atoms with Crippen molar-refractivity contribution in [2.45, 2.75) is 6.42 Å². The van der Waals surface area contributed by atoms with Crippen LogP contribution in [0.5, 0.6) is 0 Å². The number of aliphatic carboxylic acids is 1. The van der Waals surface area contributed by atoms with Gasteiger partial charge in [-0.25, -0.2) is 0 Å². The van der Waals surface area contributed by atoms with E-state index in [9.17, 15) is 24.6 Å². The molecule has 5 heteroatoms. The summed E-state index contributed by atoms with van der Waals surface area (Å²) in [6.07, 6.45) is -0.294. The summed E-state index contributed by atoms with van der Waals surface area (Å²) in [5.41, 5.74) is 0.363.